The molecule has 1 unspecified atom stereocenters. The second-order valence-electron chi connectivity index (χ2n) is 5.05. The van der Waals surface area contributed by atoms with Gasteiger partial charge in [0, 0.05) is 24.0 Å². The molecule has 0 radical (unpaired) electrons. The summed E-state index contributed by atoms with van der Waals surface area (Å²) in [5.74, 6) is 0.998. The van der Waals surface area contributed by atoms with E-state index in [-0.39, 0.29) is 0 Å². The van der Waals surface area contributed by atoms with Crippen LogP contribution in [-0.4, -0.2) is 43.9 Å². The first-order valence-corrected chi connectivity index (χ1v) is 7.73. The van der Waals surface area contributed by atoms with Gasteiger partial charge in [0.2, 0.25) is 0 Å². The van der Waals surface area contributed by atoms with E-state index in [2.05, 4.69) is 55.1 Å². The summed E-state index contributed by atoms with van der Waals surface area (Å²) in [6.07, 6.45) is 1.17. The fourth-order valence-electron chi connectivity index (χ4n) is 2.55. The van der Waals surface area contributed by atoms with Gasteiger partial charge in [0.05, 0.1) is 11.3 Å². The monoisotopic (exact) mass is 275 g/mol. The molecular formula is C15H21N3S. The quantitative estimate of drug-likeness (QED) is 0.791. The van der Waals surface area contributed by atoms with Crippen LogP contribution in [0.1, 0.15) is 18.9 Å². The Balaban J connectivity index is 2.26. The molecule has 1 saturated heterocycles. The maximum atomic E-state index is 9.46. The molecule has 19 heavy (non-hydrogen) atoms. The summed E-state index contributed by atoms with van der Waals surface area (Å²) in [6, 6.07) is 9.18. The molecule has 4 heteroatoms. The SMILES string of the molecule is CCSc1cccc(N2CCC(N(C)C)C2)c1C#N. The molecule has 3 nitrogen and oxygen atoms in total. The van der Waals surface area contributed by atoms with Gasteiger partial charge < -0.3 is 9.80 Å². The normalized spacial score (nSPS) is 18.9. The van der Waals surface area contributed by atoms with Crippen molar-refractivity contribution in [3.8, 4) is 6.07 Å². The average Bonchev–Trinajstić information content (AvgIpc) is 2.88. The van der Waals surface area contributed by atoms with Crippen LogP contribution in [0.25, 0.3) is 0 Å². The Morgan fingerprint density at radius 2 is 2.26 bits per heavy atom. The van der Waals surface area contributed by atoms with Gasteiger partial charge >= 0.3 is 0 Å². The molecule has 102 valence electrons. The second-order valence-corrected chi connectivity index (χ2v) is 6.35. The molecule has 1 aliphatic heterocycles. The van der Waals surface area contributed by atoms with Gasteiger partial charge in [-0.05, 0) is 38.4 Å². The number of nitriles is 1. The number of nitrogens with zero attached hydrogens (tertiary/aromatic N) is 3. The summed E-state index contributed by atoms with van der Waals surface area (Å²) in [7, 11) is 4.26. The summed E-state index contributed by atoms with van der Waals surface area (Å²) in [4.78, 5) is 5.73. The van der Waals surface area contributed by atoms with Gasteiger partial charge in [-0.3, -0.25) is 0 Å². The molecule has 1 aromatic rings. The fraction of sp³-hybridized carbons (Fsp3) is 0.533. The molecule has 1 aromatic carbocycles. The second kappa shape index (κ2) is 6.31. The standard InChI is InChI=1S/C15H21N3S/c1-4-19-15-7-5-6-14(13(15)10-16)18-9-8-12(11-18)17(2)3/h5-7,12H,4,8-9,11H2,1-3H3. The van der Waals surface area contributed by atoms with Gasteiger partial charge in [-0.1, -0.05) is 13.0 Å². The molecule has 2 rings (SSSR count). The lowest BCUT2D eigenvalue weighted by Crippen LogP contribution is -2.31. The third-order valence-electron chi connectivity index (χ3n) is 3.65. The Morgan fingerprint density at radius 1 is 1.47 bits per heavy atom. The molecule has 0 aliphatic carbocycles. The van der Waals surface area contributed by atoms with Crippen LogP contribution >= 0.6 is 11.8 Å². The first-order valence-electron chi connectivity index (χ1n) is 6.74. The first kappa shape index (κ1) is 14.2. The number of thioether (sulfide) groups is 1. The molecule has 0 aromatic heterocycles. The largest absolute Gasteiger partial charge is 0.369 e. The van der Waals surface area contributed by atoms with E-state index in [0.717, 1.165) is 35.0 Å². The van der Waals surface area contributed by atoms with Gasteiger partial charge in [0.1, 0.15) is 6.07 Å². The molecule has 1 atom stereocenters. The summed E-state index contributed by atoms with van der Waals surface area (Å²) < 4.78 is 0. The zero-order valence-electron chi connectivity index (χ0n) is 11.9. The minimum atomic E-state index is 0.592. The summed E-state index contributed by atoms with van der Waals surface area (Å²) in [5.41, 5.74) is 1.94. The van der Waals surface area contributed by atoms with E-state index < -0.39 is 0 Å². The van der Waals surface area contributed by atoms with Gasteiger partial charge in [0.15, 0.2) is 0 Å². The van der Waals surface area contributed by atoms with Crippen molar-refractivity contribution in [2.45, 2.75) is 24.3 Å². The van der Waals surface area contributed by atoms with Crippen molar-refractivity contribution in [2.24, 2.45) is 0 Å². The van der Waals surface area contributed by atoms with Crippen LogP contribution in [-0.2, 0) is 0 Å². The first-order chi connectivity index (χ1) is 9.17. The van der Waals surface area contributed by atoms with E-state index in [1.807, 2.05) is 0 Å². The molecule has 0 amide bonds. The number of hydrogen-bond donors (Lipinski definition) is 0. The highest BCUT2D eigenvalue weighted by atomic mass is 32.2. The van der Waals surface area contributed by atoms with Crippen molar-refractivity contribution in [3.05, 3.63) is 23.8 Å². The molecule has 1 fully saturated rings. The van der Waals surface area contributed by atoms with E-state index in [0.29, 0.717) is 6.04 Å². The van der Waals surface area contributed by atoms with E-state index in [9.17, 15) is 5.26 Å². The highest BCUT2D eigenvalue weighted by Crippen LogP contribution is 2.32. The highest BCUT2D eigenvalue weighted by Gasteiger charge is 2.26. The molecule has 0 saturated carbocycles. The van der Waals surface area contributed by atoms with Crippen molar-refractivity contribution in [1.29, 1.82) is 5.26 Å². The number of likely N-dealkylation sites (N-methyl/N-ethyl adjacent to an activating group) is 1. The Morgan fingerprint density at radius 3 is 2.84 bits per heavy atom. The van der Waals surface area contributed by atoms with E-state index >= 15 is 0 Å². The third kappa shape index (κ3) is 3.05. The molecule has 1 aliphatic rings. The van der Waals surface area contributed by atoms with Gasteiger partial charge in [0.25, 0.3) is 0 Å². The lowest BCUT2D eigenvalue weighted by molar-refractivity contribution is 0.315. The topological polar surface area (TPSA) is 30.3 Å². The Bertz CT molecular complexity index is 479. The minimum Gasteiger partial charge on any atom is -0.369 e. The molecular weight excluding hydrogens is 254 g/mol. The zero-order chi connectivity index (χ0) is 13.8. The maximum absolute atomic E-state index is 9.46. The number of rotatable bonds is 4. The van der Waals surface area contributed by atoms with Gasteiger partial charge in [-0.25, -0.2) is 0 Å². The summed E-state index contributed by atoms with van der Waals surface area (Å²) in [5, 5.41) is 9.46. The Kier molecular flexibility index (Phi) is 4.73. The van der Waals surface area contributed by atoms with Crippen LogP contribution in [0.2, 0.25) is 0 Å². The predicted molar refractivity (Wildman–Crippen MR) is 81.9 cm³/mol. The van der Waals surface area contributed by atoms with Crippen molar-refractivity contribution in [2.75, 3.05) is 37.8 Å². The van der Waals surface area contributed by atoms with Crippen LogP contribution in [0.4, 0.5) is 5.69 Å². The van der Waals surface area contributed by atoms with Crippen LogP contribution in [0.5, 0.6) is 0 Å². The lowest BCUT2D eigenvalue weighted by Gasteiger charge is -2.23. The molecule has 0 N–H and O–H groups in total. The molecule has 0 bridgehead atoms. The van der Waals surface area contributed by atoms with Gasteiger partial charge in [-0.15, -0.1) is 11.8 Å². The highest BCUT2D eigenvalue weighted by molar-refractivity contribution is 7.99. The summed E-state index contributed by atoms with van der Waals surface area (Å²) >= 11 is 1.75. The molecule has 0 spiro atoms. The fourth-order valence-corrected chi connectivity index (χ4v) is 3.33. The Labute approximate surface area is 120 Å². The van der Waals surface area contributed by atoms with E-state index in [1.165, 1.54) is 6.42 Å². The van der Waals surface area contributed by atoms with Gasteiger partial charge in [-0.2, -0.15) is 5.26 Å². The van der Waals surface area contributed by atoms with E-state index in [1.54, 1.807) is 11.8 Å². The predicted octanol–water partition coefficient (Wildman–Crippen LogP) is 2.81. The number of benzene rings is 1. The lowest BCUT2D eigenvalue weighted by atomic mass is 10.2. The van der Waals surface area contributed by atoms with Crippen molar-refractivity contribution in [3.63, 3.8) is 0 Å². The Hall–Kier alpha value is -1.18. The third-order valence-corrected chi connectivity index (χ3v) is 4.59. The molecule has 1 heterocycles. The van der Waals surface area contributed by atoms with Crippen molar-refractivity contribution < 1.29 is 0 Å². The van der Waals surface area contributed by atoms with Crippen LogP contribution in [0.3, 0.4) is 0 Å². The average molecular weight is 275 g/mol. The van der Waals surface area contributed by atoms with Crippen LogP contribution in [0, 0.1) is 11.3 Å². The van der Waals surface area contributed by atoms with Crippen LogP contribution < -0.4 is 4.90 Å². The van der Waals surface area contributed by atoms with Crippen molar-refractivity contribution >= 4 is 17.4 Å². The smallest absolute Gasteiger partial charge is 0.103 e. The number of hydrogen-bond acceptors (Lipinski definition) is 4. The van der Waals surface area contributed by atoms with E-state index in [4.69, 9.17) is 0 Å². The number of anilines is 1. The van der Waals surface area contributed by atoms with Crippen LogP contribution in [0.15, 0.2) is 23.1 Å². The van der Waals surface area contributed by atoms with Crippen molar-refractivity contribution in [1.82, 2.24) is 4.90 Å². The zero-order valence-corrected chi connectivity index (χ0v) is 12.7. The summed E-state index contributed by atoms with van der Waals surface area (Å²) in [6.45, 7) is 4.18. The minimum absolute atomic E-state index is 0.592. The maximum Gasteiger partial charge on any atom is 0.103 e.